The van der Waals surface area contributed by atoms with Crippen LogP contribution >= 0.6 is 15.9 Å². The van der Waals surface area contributed by atoms with Crippen LogP contribution in [0.1, 0.15) is 17.2 Å². The minimum absolute atomic E-state index is 0.126. The summed E-state index contributed by atoms with van der Waals surface area (Å²) in [5.74, 6) is 0. The molecule has 5 nitrogen and oxygen atoms in total. The van der Waals surface area contributed by atoms with Gasteiger partial charge in [-0.1, -0.05) is 64.0 Å². The molecule has 0 bridgehead atoms. The summed E-state index contributed by atoms with van der Waals surface area (Å²) in [6.45, 7) is 1.77. The maximum absolute atomic E-state index is 12.6. The fraction of sp³-hybridized carbons (Fsp3) is 0.182. The summed E-state index contributed by atoms with van der Waals surface area (Å²) in [4.78, 5) is 0.174. The van der Waals surface area contributed by atoms with E-state index >= 15 is 0 Å². The Hall–Kier alpha value is -2.19. The molecular weight excluding hydrogens is 452 g/mol. The summed E-state index contributed by atoms with van der Waals surface area (Å²) in [6.07, 6.45) is -0.985. The van der Waals surface area contributed by atoms with Gasteiger partial charge in [-0.15, -0.1) is 0 Å². The Morgan fingerprint density at radius 3 is 2.17 bits per heavy atom. The van der Waals surface area contributed by atoms with Crippen molar-refractivity contribution in [2.24, 2.45) is 0 Å². The zero-order valence-electron chi connectivity index (χ0n) is 15.9. The van der Waals surface area contributed by atoms with Crippen molar-refractivity contribution in [3.63, 3.8) is 0 Å². The highest BCUT2D eigenvalue weighted by Crippen LogP contribution is 2.24. The molecule has 3 aromatic carbocycles. The average molecular weight is 475 g/mol. The number of halogens is 1. The van der Waals surface area contributed by atoms with Gasteiger partial charge in [-0.3, -0.25) is 0 Å². The van der Waals surface area contributed by atoms with Crippen molar-refractivity contribution in [3.8, 4) is 0 Å². The van der Waals surface area contributed by atoms with Gasteiger partial charge in [0, 0.05) is 16.7 Å². The Bertz CT molecular complexity index is 1020. The van der Waals surface area contributed by atoms with E-state index in [4.69, 9.17) is 0 Å². The van der Waals surface area contributed by atoms with Crippen LogP contribution in [0.25, 0.3) is 0 Å². The van der Waals surface area contributed by atoms with Crippen molar-refractivity contribution >= 4 is 31.6 Å². The summed E-state index contributed by atoms with van der Waals surface area (Å²) in [7, 11) is -3.71. The number of rotatable bonds is 8. The predicted molar refractivity (Wildman–Crippen MR) is 119 cm³/mol. The van der Waals surface area contributed by atoms with Crippen LogP contribution in [0.5, 0.6) is 0 Å². The molecule has 0 amide bonds. The third-order valence-electron chi connectivity index (χ3n) is 4.52. The summed E-state index contributed by atoms with van der Waals surface area (Å²) in [5, 5.41) is 14.1. The maximum Gasteiger partial charge on any atom is 0.240 e. The fourth-order valence-corrected chi connectivity index (χ4v) is 4.22. The third kappa shape index (κ3) is 5.90. The molecule has 7 heteroatoms. The Morgan fingerprint density at radius 1 is 0.931 bits per heavy atom. The van der Waals surface area contributed by atoms with Crippen LogP contribution in [0.4, 0.5) is 5.69 Å². The largest absolute Gasteiger partial charge is 0.389 e. The molecule has 3 aromatic rings. The Kier molecular flexibility index (Phi) is 7.08. The molecule has 2 unspecified atom stereocenters. The van der Waals surface area contributed by atoms with E-state index in [1.807, 2.05) is 61.5 Å². The van der Waals surface area contributed by atoms with Gasteiger partial charge in [0.05, 0.1) is 17.0 Å². The number of nitrogens with one attached hydrogen (secondary N) is 2. The number of hydrogen-bond donors (Lipinski definition) is 3. The standard InChI is InChI=1S/C22H23BrN2O3S/c1-16-7-13-20(14-8-16)29(27,28)24-15-21(26)22(17-5-3-2-4-6-17)25-19-11-9-18(23)10-12-19/h2-14,21-22,24-26H,15H2,1H3. The summed E-state index contributed by atoms with van der Waals surface area (Å²) < 4.78 is 28.6. The molecule has 3 rings (SSSR count). The van der Waals surface area contributed by atoms with E-state index in [1.54, 1.807) is 24.3 Å². The first-order chi connectivity index (χ1) is 13.8. The lowest BCUT2D eigenvalue weighted by Gasteiger charge is -2.26. The van der Waals surface area contributed by atoms with Crippen molar-refractivity contribution in [1.29, 1.82) is 0 Å². The average Bonchev–Trinajstić information content (AvgIpc) is 2.72. The monoisotopic (exact) mass is 474 g/mol. The molecule has 0 saturated carbocycles. The van der Waals surface area contributed by atoms with E-state index in [-0.39, 0.29) is 11.4 Å². The minimum Gasteiger partial charge on any atom is -0.389 e. The summed E-state index contributed by atoms with van der Waals surface area (Å²) >= 11 is 3.40. The number of anilines is 1. The number of aliphatic hydroxyl groups excluding tert-OH is 1. The summed E-state index contributed by atoms with van der Waals surface area (Å²) in [6, 6.07) is 23.1. The van der Waals surface area contributed by atoms with Crippen LogP contribution in [0.15, 0.2) is 88.2 Å². The van der Waals surface area contributed by atoms with Crippen molar-refractivity contribution in [1.82, 2.24) is 4.72 Å². The quantitative estimate of drug-likeness (QED) is 0.455. The number of benzene rings is 3. The molecule has 29 heavy (non-hydrogen) atoms. The van der Waals surface area contributed by atoms with E-state index in [0.717, 1.165) is 21.3 Å². The SMILES string of the molecule is Cc1ccc(S(=O)(=O)NCC(O)C(Nc2ccc(Br)cc2)c2ccccc2)cc1. The van der Waals surface area contributed by atoms with Crippen LogP contribution < -0.4 is 10.0 Å². The molecule has 0 saturated heterocycles. The second-order valence-corrected chi connectivity index (χ2v) is 9.45. The van der Waals surface area contributed by atoms with Gasteiger partial charge in [-0.05, 0) is 48.9 Å². The fourth-order valence-electron chi connectivity index (χ4n) is 2.90. The van der Waals surface area contributed by atoms with Gasteiger partial charge < -0.3 is 10.4 Å². The molecule has 0 heterocycles. The van der Waals surface area contributed by atoms with Crippen molar-refractivity contribution in [2.45, 2.75) is 24.0 Å². The van der Waals surface area contributed by atoms with Crippen molar-refractivity contribution in [2.75, 3.05) is 11.9 Å². The highest BCUT2D eigenvalue weighted by atomic mass is 79.9. The lowest BCUT2D eigenvalue weighted by Crippen LogP contribution is -2.38. The first-order valence-electron chi connectivity index (χ1n) is 9.16. The Morgan fingerprint density at radius 2 is 1.55 bits per heavy atom. The van der Waals surface area contributed by atoms with Crippen molar-refractivity contribution in [3.05, 3.63) is 94.5 Å². The van der Waals surface area contributed by atoms with Crippen LogP contribution in [-0.2, 0) is 10.0 Å². The normalized spacial score (nSPS) is 13.6. The highest BCUT2D eigenvalue weighted by molar-refractivity contribution is 9.10. The predicted octanol–water partition coefficient (Wildman–Crippen LogP) is 4.25. The van der Waals surface area contributed by atoms with Crippen molar-refractivity contribution < 1.29 is 13.5 Å². The van der Waals surface area contributed by atoms with E-state index < -0.39 is 22.2 Å². The molecule has 3 N–H and O–H groups in total. The lowest BCUT2D eigenvalue weighted by molar-refractivity contribution is 0.156. The van der Waals surface area contributed by atoms with Gasteiger partial charge in [0.15, 0.2) is 0 Å². The highest BCUT2D eigenvalue weighted by Gasteiger charge is 2.24. The number of aliphatic hydroxyl groups is 1. The molecule has 0 aromatic heterocycles. The maximum atomic E-state index is 12.6. The molecule has 0 aliphatic carbocycles. The van der Waals surface area contributed by atoms with Gasteiger partial charge in [-0.25, -0.2) is 13.1 Å². The van der Waals surface area contributed by atoms with E-state index in [2.05, 4.69) is 26.0 Å². The van der Waals surface area contributed by atoms with E-state index in [0.29, 0.717) is 0 Å². The second kappa shape index (κ2) is 9.54. The van der Waals surface area contributed by atoms with Crippen LogP contribution in [0.2, 0.25) is 0 Å². The molecule has 0 spiro atoms. The number of hydrogen-bond acceptors (Lipinski definition) is 4. The van der Waals surface area contributed by atoms with Crippen LogP contribution in [0.3, 0.4) is 0 Å². The van der Waals surface area contributed by atoms with E-state index in [1.165, 1.54) is 0 Å². The van der Waals surface area contributed by atoms with Crippen LogP contribution in [-0.4, -0.2) is 26.2 Å². The molecule has 0 radical (unpaired) electrons. The zero-order chi connectivity index (χ0) is 20.9. The molecule has 2 atom stereocenters. The topological polar surface area (TPSA) is 78.4 Å². The van der Waals surface area contributed by atoms with Gasteiger partial charge >= 0.3 is 0 Å². The van der Waals surface area contributed by atoms with Gasteiger partial charge in [0.2, 0.25) is 10.0 Å². The van der Waals surface area contributed by atoms with Gasteiger partial charge in [-0.2, -0.15) is 0 Å². The molecule has 0 aliphatic rings. The second-order valence-electron chi connectivity index (χ2n) is 6.77. The van der Waals surface area contributed by atoms with Gasteiger partial charge in [0.1, 0.15) is 0 Å². The summed E-state index contributed by atoms with van der Waals surface area (Å²) in [5.41, 5.74) is 2.66. The zero-order valence-corrected chi connectivity index (χ0v) is 18.3. The molecule has 152 valence electrons. The third-order valence-corrected chi connectivity index (χ3v) is 6.49. The first kappa shape index (κ1) is 21.5. The van der Waals surface area contributed by atoms with Gasteiger partial charge in [0.25, 0.3) is 0 Å². The van der Waals surface area contributed by atoms with E-state index in [9.17, 15) is 13.5 Å². The first-order valence-corrected chi connectivity index (χ1v) is 11.4. The Balaban J connectivity index is 1.76. The lowest BCUT2D eigenvalue weighted by atomic mass is 10.0. The molecular formula is C22H23BrN2O3S. The molecule has 0 fully saturated rings. The number of sulfonamides is 1. The minimum atomic E-state index is -3.71. The smallest absolute Gasteiger partial charge is 0.240 e. The molecule has 0 aliphatic heterocycles. The Labute approximate surface area is 180 Å². The van der Waals surface area contributed by atoms with Crippen LogP contribution in [0, 0.1) is 6.92 Å². The number of aryl methyl sites for hydroxylation is 1.